The minimum absolute atomic E-state index is 0.190. The molecular formula is C19H15N5O3S. The van der Waals surface area contributed by atoms with Crippen LogP contribution in [0, 0.1) is 11.3 Å². The van der Waals surface area contributed by atoms with Crippen LogP contribution in [-0.2, 0) is 0 Å². The second kappa shape index (κ2) is 6.98. The molecule has 0 aromatic carbocycles. The molecule has 0 amide bonds. The van der Waals surface area contributed by atoms with Crippen LogP contribution < -0.4 is 4.90 Å². The van der Waals surface area contributed by atoms with Gasteiger partial charge >= 0.3 is 0 Å². The predicted molar refractivity (Wildman–Crippen MR) is 101 cm³/mol. The number of thiophene rings is 1. The Morgan fingerprint density at radius 1 is 1.18 bits per heavy atom. The van der Waals surface area contributed by atoms with Gasteiger partial charge in [-0.25, -0.2) is 0 Å². The van der Waals surface area contributed by atoms with Crippen molar-refractivity contribution in [1.29, 1.82) is 5.26 Å². The lowest BCUT2D eigenvalue weighted by Crippen LogP contribution is -2.33. The van der Waals surface area contributed by atoms with Crippen LogP contribution >= 0.6 is 11.3 Å². The van der Waals surface area contributed by atoms with Crippen LogP contribution in [0.3, 0.4) is 0 Å². The minimum Gasteiger partial charge on any atom is -0.459 e. The van der Waals surface area contributed by atoms with Gasteiger partial charge in [-0.15, -0.1) is 11.3 Å². The molecule has 1 fully saturated rings. The van der Waals surface area contributed by atoms with Crippen LogP contribution in [0.2, 0.25) is 0 Å². The van der Waals surface area contributed by atoms with Gasteiger partial charge in [-0.1, -0.05) is 11.2 Å². The molecule has 0 aliphatic carbocycles. The Balaban J connectivity index is 1.31. The molecule has 4 aromatic rings. The Morgan fingerprint density at radius 2 is 2.07 bits per heavy atom. The molecule has 1 saturated heterocycles. The van der Waals surface area contributed by atoms with Crippen molar-refractivity contribution >= 4 is 17.2 Å². The number of piperidine rings is 1. The summed E-state index contributed by atoms with van der Waals surface area (Å²) >= 11 is 1.59. The van der Waals surface area contributed by atoms with Gasteiger partial charge in [0.25, 0.3) is 5.89 Å². The fourth-order valence-electron chi connectivity index (χ4n) is 3.34. The summed E-state index contributed by atoms with van der Waals surface area (Å²) < 4.78 is 16.6. The highest BCUT2D eigenvalue weighted by molar-refractivity contribution is 7.13. The third-order valence-electron chi connectivity index (χ3n) is 4.76. The smallest absolute Gasteiger partial charge is 0.266 e. The van der Waals surface area contributed by atoms with Crippen LogP contribution in [0.5, 0.6) is 0 Å². The number of nitriles is 1. The molecule has 28 heavy (non-hydrogen) atoms. The van der Waals surface area contributed by atoms with Crippen molar-refractivity contribution in [3.8, 4) is 28.4 Å². The van der Waals surface area contributed by atoms with E-state index in [9.17, 15) is 5.26 Å². The average Bonchev–Trinajstić information content (AvgIpc) is 3.53. The number of anilines is 1. The Bertz CT molecular complexity index is 1100. The Labute approximate surface area is 164 Å². The highest BCUT2D eigenvalue weighted by atomic mass is 32.1. The Hall–Kier alpha value is -3.38. The van der Waals surface area contributed by atoms with Gasteiger partial charge in [0.05, 0.1) is 11.1 Å². The molecule has 0 spiro atoms. The molecule has 140 valence electrons. The lowest BCUT2D eigenvalue weighted by molar-refractivity contribution is 0.327. The second-order valence-electron chi connectivity index (χ2n) is 6.46. The summed E-state index contributed by atoms with van der Waals surface area (Å²) in [6.07, 6.45) is 3.20. The van der Waals surface area contributed by atoms with Crippen LogP contribution in [-0.4, -0.2) is 28.2 Å². The molecule has 8 nitrogen and oxygen atoms in total. The molecule has 0 unspecified atom stereocenters. The number of hydrogen-bond donors (Lipinski definition) is 0. The standard InChI is InChI=1S/C19H15N5O3S/c20-11-13-19(26-18(21-13)14-3-1-9-25-14)24-7-5-12(6-8-24)17-22-16(23-27-17)15-4-2-10-28-15/h1-4,9-10,12H,5-8H2. The molecule has 1 aliphatic heterocycles. The largest absolute Gasteiger partial charge is 0.459 e. The van der Waals surface area contributed by atoms with Gasteiger partial charge < -0.3 is 18.3 Å². The summed E-state index contributed by atoms with van der Waals surface area (Å²) in [6, 6.07) is 9.56. The first kappa shape index (κ1) is 16.8. The van der Waals surface area contributed by atoms with E-state index in [1.165, 1.54) is 0 Å². The molecule has 0 saturated carbocycles. The van der Waals surface area contributed by atoms with Gasteiger partial charge in [0, 0.05) is 19.0 Å². The molecule has 9 heteroatoms. The van der Waals surface area contributed by atoms with E-state index in [2.05, 4.69) is 21.2 Å². The van der Waals surface area contributed by atoms with E-state index in [1.54, 1.807) is 29.7 Å². The topological polar surface area (TPSA) is 105 Å². The molecule has 0 N–H and O–H groups in total. The van der Waals surface area contributed by atoms with E-state index in [-0.39, 0.29) is 11.6 Å². The number of furan rings is 1. The lowest BCUT2D eigenvalue weighted by atomic mass is 9.97. The first-order chi connectivity index (χ1) is 13.8. The van der Waals surface area contributed by atoms with Crippen molar-refractivity contribution in [2.45, 2.75) is 18.8 Å². The first-order valence-corrected chi connectivity index (χ1v) is 9.77. The maximum atomic E-state index is 9.42. The summed E-state index contributed by atoms with van der Waals surface area (Å²) in [5, 5.41) is 15.5. The number of nitrogens with zero attached hydrogens (tertiary/aromatic N) is 5. The van der Waals surface area contributed by atoms with Crippen molar-refractivity contribution in [3.63, 3.8) is 0 Å². The first-order valence-electron chi connectivity index (χ1n) is 8.89. The molecule has 0 atom stereocenters. The van der Waals surface area contributed by atoms with Gasteiger partial charge in [-0.05, 0) is 36.4 Å². The SMILES string of the molecule is N#Cc1nc(-c2ccco2)oc1N1CCC(c2nc(-c3cccs3)no2)CC1. The highest BCUT2D eigenvalue weighted by Crippen LogP contribution is 2.34. The fraction of sp³-hybridized carbons (Fsp3) is 0.263. The van der Waals surface area contributed by atoms with Gasteiger partial charge in [0.2, 0.25) is 23.3 Å². The minimum atomic E-state index is 0.190. The van der Waals surface area contributed by atoms with E-state index in [0.717, 1.165) is 17.7 Å². The Morgan fingerprint density at radius 3 is 2.79 bits per heavy atom. The number of rotatable bonds is 4. The van der Waals surface area contributed by atoms with Crippen molar-refractivity contribution in [2.24, 2.45) is 0 Å². The van der Waals surface area contributed by atoms with Gasteiger partial charge in [0.1, 0.15) is 6.07 Å². The lowest BCUT2D eigenvalue weighted by Gasteiger charge is -2.29. The average molecular weight is 393 g/mol. The third-order valence-corrected chi connectivity index (χ3v) is 5.63. The van der Waals surface area contributed by atoms with E-state index in [1.807, 2.05) is 22.4 Å². The van der Waals surface area contributed by atoms with Crippen molar-refractivity contribution in [2.75, 3.05) is 18.0 Å². The van der Waals surface area contributed by atoms with E-state index >= 15 is 0 Å². The molecule has 0 bridgehead atoms. The maximum absolute atomic E-state index is 9.42. The van der Waals surface area contributed by atoms with Gasteiger partial charge in [-0.3, -0.25) is 0 Å². The number of aromatic nitrogens is 3. The van der Waals surface area contributed by atoms with E-state index < -0.39 is 0 Å². The normalized spacial score (nSPS) is 15.0. The van der Waals surface area contributed by atoms with Gasteiger partial charge in [-0.2, -0.15) is 15.2 Å². The maximum Gasteiger partial charge on any atom is 0.266 e. The molecule has 5 heterocycles. The second-order valence-corrected chi connectivity index (χ2v) is 7.40. The summed E-state index contributed by atoms with van der Waals surface area (Å²) in [4.78, 5) is 11.8. The zero-order valence-corrected chi connectivity index (χ0v) is 15.6. The summed E-state index contributed by atoms with van der Waals surface area (Å²) in [6.45, 7) is 1.42. The fourth-order valence-corrected chi connectivity index (χ4v) is 3.99. The predicted octanol–water partition coefficient (Wildman–Crippen LogP) is 4.30. The van der Waals surface area contributed by atoms with Crippen molar-refractivity contribution < 1.29 is 13.4 Å². The van der Waals surface area contributed by atoms with Crippen molar-refractivity contribution in [3.05, 3.63) is 47.5 Å². The van der Waals surface area contributed by atoms with Crippen LogP contribution in [0.4, 0.5) is 5.88 Å². The number of hydrogen-bond acceptors (Lipinski definition) is 9. The molecule has 1 aliphatic rings. The quantitative estimate of drug-likeness (QED) is 0.505. The zero-order valence-electron chi connectivity index (χ0n) is 14.7. The molecular weight excluding hydrogens is 378 g/mol. The monoisotopic (exact) mass is 393 g/mol. The molecule has 0 radical (unpaired) electrons. The van der Waals surface area contributed by atoms with E-state index in [0.29, 0.717) is 42.3 Å². The zero-order chi connectivity index (χ0) is 18.9. The third kappa shape index (κ3) is 2.97. The van der Waals surface area contributed by atoms with Crippen LogP contribution in [0.15, 0.2) is 49.3 Å². The summed E-state index contributed by atoms with van der Waals surface area (Å²) in [7, 11) is 0. The summed E-state index contributed by atoms with van der Waals surface area (Å²) in [5.41, 5.74) is 0.266. The van der Waals surface area contributed by atoms with Crippen LogP contribution in [0.1, 0.15) is 30.3 Å². The summed E-state index contributed by atoms with van der Waals surface area (Å²) in [5.74, 6) is 2.79. The molecule has 5 rings (SSSR count). The molecule has 4 aromatic heterocycles. The highest BCUT2D eigenvalue weighted by Gasteiger charge is 2.29. The van der Waals surface area contributed by atoms with Crippen LogP contribution in [0.25, 0.3) is 22.4 Å². The van der Waals surface area contributed by atoms with Crippen molar-refractivity contribution in [1.82, 2.24) is 15.1 Å². The van der Waals surface area contributed by atoms with Gasteiger partial charge in [0.15, 0.2) is 5.76 Å². The van der Waals surface area contributed by atoms with E-state index in [4.69, 9.17) is 13.4 Å². The Kier molecular flexibility index (Phi) is 4.18. The number of oxazole rings is 1.